The molecule has 0 saturated heterocycles. The molecule has 1 atom stereocenters. The highest BCUT2D eigenvalue weighted by atomic mass is 35.5. The average Bonchev–Trinajstić information content (AvgIpc) is 2.78. The maximum absolute atomic E-state index is 6.24. The van der Waals surface area contributed by atoms with Gasteiger partial charge in [-0.15, -0.1) is 0 Å². The van der Waals surface area contributed by atoms with E-state index in [1.807, 2.05) is 31.2 Å². The normalized spacial score (nSPS) is 12.4. The molecular weight excluding hydrogens is 451 g/mol. The maximum atomic E-state index is 6.24. The molecule has 4 nitrogen and oxygen atoms in total. The molecule has 0 spiro atoms. The molecule has 0 saturated carbocycles. The SMILES string of the molecule is C=CN/C(NC(C)Cl)=C(/C)C(=C)N(CCCCC)CCCCC(=C)NCc1ccccc1Cl. The predicted octanol–water partition coefficient (Wildman–Crippen LogP) is 7.26. The van der Waals surface area contributed by atoms with Crippen LogP contribution in [0.2, 0.25) is 5.02 Å². The molecule has 1 aromatic rings. The molecule has 33 heavy (non-hydrogen) atoms. The third kappa shape index (κ3) is 11.6. The Morgan fingerprint density at radius 3 is 2.39 bits per heavy atom. The number of nitrogens with one attached hydrogen (secondary N) is 3. The zero-order chi connectivity index (χ0) is 24.6. The van der Waals surface area contributed by atoms with Gasteiger partial charge in [0.1, 0.15) is 5.82 Å². The molecule has 0 radical (unpaired) electrons. The van der Waals surface area contributed by atoms with Crippen molar-refractivity contribution in [2.75, 3.05) is 13.1 Å². The molecule has 0 heterocycles. The number of alkyl halides is 1. The highest BCUT2D eigenvalue weighted by molar-refractivity contribution is 6.31. The fourth-order valence-electron chi connectivity index (χ4n) is 3.47. The molecule has 1 rings (SSSR count). The first-order valence-corrected chi connectivity index (χ1v) is 12.7. The van der Waals surface area contributed by atoms with E-state index >= 15 is 0 Å². The number of benzene rings is 1. The number of unbranched alkanes of at least 4 members (excludes halogenated alkanes) is 3. The Balaban J connectivity index is 2.62. The summed E-state index contributed by atoms with van der Waals surface area (Å²) in [5.74, 6) is 0.843. The van der Waals surface area contributed by atoms with Gasteiger partial charge >= 0.3 is 0 Å². The van der Waals surface area contributed by atoms with Crippen LogP contribution in [0.3, 0.4) is 0 Å². The van der Waals surface area contributed by atoms with Crippen LogP contribution in [0, 0.1) is 0 Å². The van der Waals surface area contributed by atoms with Crippen molar-refractivity contribution in [3.05, 3.63) is 83.6 Å². The van der Waals surface area contributed by atoms with Gasteiger partial charge in [-0.1, -0.05) is 80.9 Å². The summed E-state index contributed by atoms with van der Waals surface area (Å²) in [6.07, 6.45) is 8.27. The van der Waals surface area contributed by atoms with Crippen LogP contribution in [0.5, 0.6) is 0 Å². The standard InChI is InChI=1S/C27H42Cl2N4/c1-7-9-13-18-33(23(5)22(4)27(30-8-2)32-24(6)28)19-14-12-15-21(3)31-20-25-16-10-11-17-26(25)29/h8,10-11,16-17,24,30-32H,2-3,5,7,9,12-15,18-20H2,1,4,6H3/b27-22+. The van der Waals surface area contributed by atoms with Crippen LogP contribution in [-0.4, -0.2) is 23.5 Å². The van der Waals surface area contributed by atoms with Gasteiger partial charge in [0.15, 0.2) is 0 Å². The van der Waals surface area contributed by atoms with Gasteiger partial charge in [0.05, 0.1) is 5.50 Å². The number of allylic oxidation sites excluding steroid dienone is 2. The second-order valence-corrected chi connectivity index (χ2v) is 9.32. The van der Waals surface area contributed by atoms with Crippen LogP contribution in [0.25, 0.3) is 0 Å². The van der Waals surface area contributed by atoms with E-state index in [0.29, 0.717) is 6.54 Å². The van der Waals surface area contributed by atoms with Gasteiger partial charge in [0.25, 0.3) is 0 Å². The lowest BCUT2D eigenvalue weighted by Gasteiger charge is -2.29. The van der Waals surface area contributed by atoms with Crippen molar-refractivity contribution < 1.29 is 0 Å². The maximum Gasteiger partial charge on any atom is 0.109 e. The quantitative estimate of drug-likeness (QED) is 0.0871. The summed E-state index contributed by atoms with van der Waals surface area (Å²) < 4.78 is 0. The van der Waals surface area contributed by atoms with Gasteiger partial charge in [-0.05, 0) is 57.4 Å². The number of rotatable bonds is 18. The van der Waals surface area contributed by atoms with Gasteiger partial charge in [-0.2, -0.15) is 0 Å². The van der Waals surface area contributed by atoms with Crippen LogP contribution in [0.15, 0.2) is 73.0 Å². The van der Waals surface area contributed by atoms with E-state index in [1.165, 1.54) is 12.8 Å². The van der Waals surface area contributed by atoms with E-state index < -0.39 is 0 Å². The first-order valence-electron chi connectivity index (χ1n) is 11.9. The first-order chi connectivity index (χ1) is 15.8. The summed E-state index contributed by atoms with van der Waals surface area (Å²) in [5.41, 5.74) is 3.98. The Kier molecular flexibility index (Phi) is 14.5. The van der Waals surface area contributed by atoms with Gasteiger partial charge in [-0.3, -0.25) is 0 Å². The molecule has 3 N–H and O–H groups in total. The molecule has 184 valence electrons. The van der Waals surface area contributed by atoms with E-state index in [-0.39, 0.29) is 5.50 Å². The molecule has 6 heteroatoms. The van der Waals surface area contributed by atoms with Crippen molar-refractivity contribution in [1.82, 2.24) is 20.9 Å². The molecule has 0 aliphatic rings. The number of nitrogens with zero attached hydrogens (tertiary/aromatic N) is 1. The van der Waals surface area contributed by atoms with E-state index in [0.717, 1.165) is 72.1 Å². The van der Waals surface area contributed by atoms with Gasteiger partial charge in [-0.25, -0.2) is 0 Å². The lowest BCUT2D eigenvalue weighted by Crippen LogP contribution is -2.32. The zero-order valence-corrected chi connectivity index (χ0v) is 22.2. The fourth-order valence-corrected chi connectivity index (χ4v) is 3.78. The van der Waals surface area contributed by atoms with Crippen molar-refractivity contribution >= 4 is 23.2 Å². The number of hydrogen-bond donors (Lipinski definition) is 3. The predicted molar refractivity (Wildman–Crippen MR) is 146 cm³/mol. The van der Waals surface area contributed by atoms with E-state index in [2.05, 4.69) is 54.4 Å². The Morgan fingerprint density at radius 2 is 1.79 bits per heavy atom. The van der Waals surface area contributed by atoms with E-state index in [9.17, 15) is 0 Å². The Labute approximate surface area is 211 Å². The third-order valence-corrected chi connectivity index (χ3v) is 5.93. The summed E-state index contributed by atoms with van der Waals surface area (Å²) in [5, 5.41) is 10.6. The van der Waals surface area contributed by atoms with Gasteiger partial charge in [0.2, 0.25) is 0 Å². The topological polar surface area (TPSA) is 39.3 Å². The summed E-state index contributed by atoms with van der Waals surface area (Å²) in [6.45, 7) is 21.2. The number of halogens is 2. The van der Waals surface area contributed by atoms with E-state index in [1.54, 1.807) is 6.20 Å². The Bertz CT molecular complexity index is 786. The highest BCUT2D eigenvalue weighted by Crippen LogP contribution is 2.19. The monoisotopic (exact) mass is 492 g/mol. The van der Waals surface area contributed by atoms with Crippen LogP contribution in [-0.2, 0) is 6.54 Å². The number of hydrogen-bond acceptors (Lipinski definition) is 4. The third-order valence-electron chi connectivity index (χ3n) is 5.45. The lowest BCUT2D eigenvalue weighted by molar-refractivity contribution is 0.331. The fraction of sp³-hybridized carbons (Fsp3) is 0.481. The minimum absolute atomic E-state index is 0.201. The van der Waals surface area contributed by atoms with Crippen molar-refractivity contribution in [2.24, 2.45) is 0 Å². The average molecular weight is 494 g/mol. The van der Waals surface area contributed by atoms with Crippen LogP contribution >= 0.6 is 23.2 Å². The smallest absolute Gasteiger partial charge is 0.109 e. The minimum Gasteiger partial charge on any atom is -0.385 e. The molecule has 0 aliphatic carbocycles. The first kappa shape index (κ1) is 29.0. The van der Waals surface area contributed by atoms with Crippen molar-refractivity contribution in [1.29, 1.82) is 0 Å². The molecule has 0 aromatic heterocycles. The van der Waals surface area contributed by atoms with Gasteiger partial charge in [0, 0.05) is 41.6 Å². The van der Waals surface area contributed by atoms with E-state index in [4.69, 9.17) is 23.2 Å². The summed E-state index contributed by atoms with van der Waals surface area (Å²) in [6, 6.07) is 7.90. The lowest BCUT2D eigenvalue weighted by atomic mass is 10.1. The summed E-state index contributed by atoms with van der Waals surface area (Å²) in [7, 11) is 0. The Hall–Kier alpha value is -2.04. The molecule has 0 aliphatic heterocycles. The molecule has 0 bridgehead atoms. The minimum atomic E-state index is -0.201. The molecule has 1 aromatic carbocycles. The Morgan fingerprint density at radius 1 is 1.12 bits per heavy atom. The van der Waals surface area contributed by atoms with Crippen LogP contribution < -0.4 is 16.0 Å². The second kappa shape index (κ2) is 16.6. The summed E-state index contributed by atoms with van der Waals surface area (Å²) >= 11 is 12.4. The van der Waals surface area contributed by atoms with Crippen LogP contribution in [0.1, 0.15) is 64.9 Å². The highest BCUT2D eigenvalue weighted by Gasteiger charge is 2.14. The van der Waals surface area contributed by atoms with Crippen molar-refractivity contribution in [3.8, 4) is 0 Å². The van der Waals surface area contributed by atoms with Crippen LogP contribution in [0.4, 0.5) is 0 Å². The van der Waals surface area contributed by atoms with Gasteiger partial charge < -0.3 is 20.9 Å². The zero-order valence-electron chi connectivity index (χ0n) is 20.7. The van der Waals surface area contributed by atoms with Crippen molar-refractivity contribution in [3.63, 3.8) is 0 Å². The second-order valence-electron chi connectivity index (χ2n) is 8.26. The van der Waals surface area contributed by atoms with Crippen molar-refractivity contribution in [2.45, 2.75) is 71.3 Å². The molecule has 0 amide bonds. The molecular formula is C27H42Cl2N4. The summed E-state index contributed by atoms with van der Waals surface area (Å²) in [4.78, 5) is 2.39. The molecule has 1 unspecified atom stereocenters. The molecule has 0 fully saturated rings. The largest absolute Gasteiger partial charge is 0.385 e.